The number of aromatic nitrogens is 4. The van der Waals surface area contributed by atoms with Crippen LogP contribution in [0.4, 0.5) is 4.39 Å². The van der Waals surface area contributed by atoms with Crippen LogP contribution in [0.25, 0.3) is 16.7 Å². The highest BCUT2D eigenvalue weighted by molar-refractivity contribution is 5.77. The molecule has 26 heavy (non-hydrogen) atoms. The van der Waals surface area contributed by atoms with Gasteiger partial charge in [-0.05, 0) is 49.4 Å². The number of halogens is 1. The second-order valence-electron chi connectivity index (χ2n) is 5.98. The Balaban J connectivity index is 1.77. The van der Waals surface area contributed by atoms with E-state index in [9.17, 15) is 4.39 Å². The first kappa shape index (κ1) is 16.0. The molecule has 0 atom stereocenters. The van der Waals surface area contributed by atoms with Crippen molar-refractivity contribution in [3.05, 3.63) is 77.6 Å². The van der Waals surface area contributed by atoms with Gasteiger partial charge >= 0.3 is 0 Å². The van der Waals surface area contributed by atoms with Crippen molar-refractivity contribution in [3.8, 4) is 11.8 Å². The molecule has 6 heteroatoms. The molecule has 0 aliphatic rings. The molecule has 4 aromatic rings. The van der Waals surface area contributed by atoms with Gasteiger partial charge in [-0.15, -0.1) is 0 Å². The van der Waals surface area contributed by atoms with Gasteiger partial charge in [0, 0.05) is 19.2 Å². The molecular formula is C20H16FN5. The zero-order chi connectivity index (χ0) is 18.1. The average molecular weight is 345 g/mol. The molecule has 2 aromatic carbocycles. The third kappa shape index (κ3) is 2.74. The molecule has 0 unspecified atom stereocenters. The van der Waals surface area contributed by atoms with Gasteiger partial charge < -0.3 is 4.57 Å². The van der Waals surface area contributed by atoms with Gasteiger partial charge in [-0.1, -0.05) is 6.07 Å². The first-order valence-corrected chi connectivity index (χ1v) is 8.37. The van der Waals surface area contributed by atoms with E-state index in [1.165, 1.54) is 12.1 Å². The second kappa shape index (κ2) is 6.45. The molecule has 0 amide bonds. The molecule has 0 aliphatic carbocycles. The third-order valence-corrected chi connectivity index (χ3v) is 4.39. The summed E-state index contributed by atoms with van der Waals surface area (Å²) in [6.07, 6.45) is 2.26. The third-order valence-electron chi connectivity index (χ3n) is 4.39. The highest BCUT2D eigenvalue weighted by atomic mass is 19.1. The van der Waals surface area contributed by atoms with Crippen LogP contribution in [-0.2, 0) is 13.0 Å². The summed E-state index contributed by atoms with van der Waals surface area (Å²) in [5, 5.41) is 13.5. The predicted molar refractivity (Wildman–Crippen MR) is 96.5 cm³/mol. The van der Waals surface area contributed by atoms with Crippen molar-refractivity contribution < 1.29 is 4.39 Å². The summed E-state index contributed by atoms with van der Waals surface area (Å²) in [6, 6.07) is 15.9. The first-order chi connectivity index (χ1) is 12.7. The van der Waals surface area contributed by atoms with Crippen LogP contribution in [0, 0.1) is 17.1 Å². The van der Waals surface area contributed by atoms with Gasteiger partial charge in [-0.3, -0.25) is 0 Å². The molecule has 0 saturated carbocycles. The summed E-state index contributed by atoms with van der Waals surface area (Å²) >= 11 is 0. The van der Waals surface area contributed by atoms with E-state index in [-0.39, 0.29) is 5.82 Å². The van der Waals surface area contributed by atoms with E-state index < -0.39 is 0 Å². The van der Waals surface area contributed by atoms with Crippen molar-refractivity contribution in [2.75, 3.05) is 0 Å². The van der Waals surface area contributed by atoms with Crippen molar-refractivity contribution in [1.82, 2.24) is 19.3 Å². The Morgan fingerprint density at radius 1 is 1.15 bits per heavy atom. The van der Waals surface area contributed by atoms with Gasteiger partial charge in [0.05, 0.1) is 34.0 Å². The summed E-state index contributed by atoms with van der Waals surface area (Å²) in [7, 11) is 0. The van der Waals surface area contributed by atoms with Crippen LogP contribution in [0.1, 0.15) is 24.0 Å². The Bertz CT molecular complexity index is 1130. The van der Waals surface area contributed by atoms with Crippen molar-refractivity contribution in [2.45, 2.75) is 19.9 Å². The smallest absolute Gasteiger partial charge is 0.125 e. The van der Waals surface area contributed by atoms with E-state index >= 15 is 0 Å². The number of rotatable bonds is 4. The Labute approximate surface area is 149 Å². The van der Waals surface area contributed by atoms with Crippen LogP contribution >= 0.6 is 0 Å². The summed E-state index contributed by atoms with van der Waals surface area (Å²) in [5.74, 6) is 0.588. The zero-order valence-corrected chi connectivity index (χ0v) is 14.2. The van der Waals surface area contributed by atoms with Crippen LogP contribution < -0.4 is 0 Å². The molecule has 4 rings (SSSR count). The fourth-order valence-electron chi connectivity index (χ4n) is 3.20. The minimum Gasteiger partial charge on any atom is -0.328 e. The fraction of sp³-hybridized carbons (Fsp3) is 0.150. The van der Waals surface area contributed by atoms with E-state index in [0.717, 1.165) is 29.1 Å². The summed E-state index contributed by atoms with van der Waals surface area (Å²) in [6.45, 7) is 2.79. The Morgan fingerprint density at radius 2 is 2.04 bits per heavy atom. The molecule has 0 spiro atoms. The number of fused-ring (bicyclic) bond motifs is 1. The van der Waals surface area contributed by atoms with Crippen LogP contribution in [0.2, 0.25) is 0 Å². The fourth-order valence-corrected chi connectivity index (χ4v) is 3.20. The Morgan fingerprint density at radius 3 is 2.81 bits per heavy atom. The molecule has 0 radical (unpaired) electrons. The lowest BCUT2D eigenvalue weighted by molar-refractivity contribution is 0.624. The molecule has 0 fully saturated rings. The van der Waals surface area contributed by atoms with Gasteiger partial charge in [0.1, 0.15) is 11.6 Å². The maximum atomic E-state index is 13.6. The van der Waals surface area contributed by atoms with Crippen molar-refractivity contribution >= 4 is 11.0 Å². The number of nitrogens with zero attached hydrogens (tertiary/aromatic N) is 5. The SMILES string of the molecule is CCn1c(Cc2ccnn2-c2cccc(F)c2)nc2ccc(C#N)cc21. The van der Waals surface area contributed by atoms with Crippen LogP contribution in [0.3, 0.4) is 0 Å². The molecule has 0 aliphatic heterocycles. The molecule has 128 valence electrons. The number of benzene rings is 2. The van der Waals surface area contributed by atoms with Crippen molar-refractivity contribution in [1.29, 1.82) is 5.26 Å². The van der Waals surface area contributed by atoms with Crippen molar-refractivity contribution in [2.24, 2.45) is 0 Å². The molecule has 2 heterocycles. The lowest BCUT2D eigenvalue weighted by Gasteiger charge is -2.09. The second-order valence-corrected chi connectivity index (χ2v) is 5.98. The monoisotopic (exact) mass is 345 g/mol. The number of hydrogen-bond donors (Lipinski definition) is 0. The maximum Gasteiger partial charge on any atom is 0.125 e. The minimum atomic E-state index is -0.297. The van der Waals surface area contributed by atoms with Gasteiger partial charge in [-0.25, -0.2) is 14.1 Å². The summed E-state index contributed by atoms with van der Waals surface area (Å²) in [4.78, 5) is 4.72. The number of hydrogen-bond acceptors (Lipinski definition) is 3. The molecule has 2 aromatic heterocycles. The largest absolute Gasteiger partial charge is 0.328 e. The highest BCUT2D eigenvalue weighted by Crippen LogP contribution is 2.21. The van der Waals surface area contributed by atoms with Crippen LogP contribution in [0.5, 0.6) is 0 Å². The van der Waals surface area contributed by atoms with Gasteiger partial charge in [0.25, 0.3) is 0 Å². The topological polar surface area (TPSA) is 59.4 Å². The minimum absolute atomic E-state index is 0.297. The van der Waals surface area contributed by atoms with E-state index in [2.05, 4.69) is 15.7 Å². The van der Waals surface area contributed by atoms with E-state index in [1.54, 1.807) is 23.0 Å². The predicted octanol–water partition coefficient (Wildman–Crippen LogP) is 3.84. The number of nitriles is 1. The lowest BCUT2D eigenvalue weighted by Crippen LogP contribution is -2.07. The normalized spacial score (nSPS) is 11.0. The summed E-state index contributed by atoms with van der Waals surface area (Å²) in [5.41, 5.74) is 4.01. The maximum absolute atomic E-state index is 13.6. The van der Waals surface area contributed by atoms with Gasteiger partial charge in [-0.2, -0.15) is 10.4 Å². The standard InChI is InChI=1S/C20H16FN5/c1-2-25-19-10-14(13-22)6-7-18(19)24-20(25)12-17-8-9-23-26(17)16-5-3-4-15(21)11-16/h3-11H,2,12H2,1H3. The average Bonchev–Trinajstić information content (AvgIpc) is 3.25. The Kier molecular flexibility index (Phi) is 3.98. The molecule has 0 N–H and O–H groups in total. The van der Waals surface area contributed by atoms with Crippen LogP contribution in [0.15, 0.2) is 54.7 Å². The van der Waals surface area contributed by atoms with E-state index in [4.69, 9.17) is 10.2 Å². The summed E-state index contributed by atoms with van der Waals surface area (Å²) < 4.78 is 17.4. The molecule has 5 nitrogen and oxygen atoms in total. The quantitative estimate of drug-likeness (QED) is 0.564. The van der Waals surface area contributed by atoms with Crippen LogP contribution in [-0.4, -0.2) is 19.3 Å². The Hall–Kier alpha value is -3.46. The lowest BCUT2D eigenvalue weighted by atomic mass is 10.2. The van der Waals surface area contributed by atoms with Gasteiger partial charge in [0.15, 0.2) is 0 Å². The zero-order valence-electron chi connectivity index (χ0n) is 14.2. The van der Waals surface area contributed by atoms with E-state index in [0.29, 0.717) is 17.7 Å². The first-order valence-electron chi connectivity index (χ1n) is 8.37. The number of imidazole rings is 1. The molecular weight excluding hydrogens is 329 g/mol. The molecule has 0 saturated heterocycles. The molecule has 0 bridgehead atoms. The highest BCUT2D eigenvalue weighted by Gasteiger charge is 2.14. The number of aryl methyl sites for hydroxylation is 1. The van der Waals surface area contributed by atoms with Crippen molar-refractivity contribution in [3.63, 3.8) is 0 Å². The van der Waals surface area contributed by atoms with Gasteiger partial charge in [0.2, 0.25) is 0 Å². The van der Waals surface area contributed by atoms with E-state index in [1.807, 2.05) is 31.2 Å².